The van der Waals surface area contributed by atoms with Gasteiger partial charge in [-0.15, -0.1) is 0 Å². The topological polar surface area (TPSA) is 217 Å². The fourth-order valence-corrected chi connectivity index (χ4v) is 5.83. The summed E-state index contributed by atoms with van der Waals surface area (Å²) in [6, 6.07) is 16.5. The van der Waals surface area contributed by atoms with Crippen molar-refractivity contribution in [2.24, 2.45) is 15.9 Å². The van der Waals surface area contributed by atoms with Crippen LogP contribution >= 0.6 is 13.5 Å². The van der Waals surface area contributed by atoms with Crippen molar-refractivity contribution in [2.75, 3.05) is 79.7 Å². The van der Waals surface area contributed by atoms with Gasteiger partial charge in [0.1, 0.15) is 11.9 Å². The minimum Gasteiger partial charge on any atom is -0.497 e. The number of methoxy groups -OCH3 is 1. The molecule has 16 nitrogen and oxygen atoms in total. The summed E-state index contributed by atoms with van der Waals surface area (Å²) in [5.41, 5.74) is 4.31. The summed E-state index contributed by atoms with van der Waals surface area (Å²) in [7, 11) is 1.65. The lowest BCUT2D eigenvalue weighted by Crippen LogP contribution is -2.42. The molecule has 0 saturated carbocycles. The quantitative estimate of drug-likeness (QED) is 0.00755. The van der Waals surface area contributed by atoms with Gasteiger partial charge >= 0.3 is 5.97 Å². The Hall–Kier alpha value is -4.33. The smallest absolute Gasteiger partial charge is 0.313 e. The summed E-state index contributed by atoms with van der Waals surface area (Å²) in [6.45, 7) is 2.35. The molecule has 4 rings (SSSR count). The number of aliphatic imine (C=N–C) groups is 1. The number of carbonyl (C=O) groups is 1. The fraction of sp³-hybridized carbons (Fsp3) is 0.512. The normalized spacial score (nSPS) is 16.3. The van der Waals surface area contributed by atoms with Crippen LogP contribution in [-0.4, -0.2) is 142 Å². The molecule has 0 aromatic heterocycles. The molecule has 3 atom stereocenters. The molecule has 22 heteroatoms. The van der Waals surface area contributed by atoms with E-state index in [0.29, 0.717) is 45.8 Å². The van der Waals surface area contributed by atoms with Gasteiger partial charge in [-0.2, -0.15) is 27.4 Å². The van der Waals surface area contributed by atoms with Crippen LogP contribution in [0.2, 0.25) is 0 Å². The fourth-order valence-electron chi connectivity index (χ4n) is 5.83. The first-order valence-corrected chi connectivity index (χ1v) is 20.5. The van der Waals surface area contributed by atoms with Gasteiger partial charge in [0.25, 0.3) is 0 Å². The van der Waals surface area contributed by atoms with Gasteiger partial charge in [-0.25, -0.2) is 13.2 Å². The molecule has 1 aliphatic rings. The van der Waals surface area contributed by atoms with Crippen LogP contribution in [0.5, 0.6) is 11.5 Å². The number of carbonyl (C=O) groups excluding carboxylic acids is 1. The largest absolute Gasteiger partial charge is 0.497 e. The number of unbranched alkanes of at least 4 members (excludes halogenated alkanes) is 1. The van der Waals surface area contributed by atoms with Gasteiger partial charge in [0, 0.05) is 12.6 Å². The highest BCUT2D eigenvalue weighted by molar-refractivity contribution is 7.59. The predicted molar refractivity (Wildman–Crippen MR) is 232 cm³/mol. The van der Waals surface area contributed by atoms with Crippen molar-refractivity contribution in [3.05, 3.63) is 83.2 Å². The number of nitrogens with two attached hydrogens (primary N) is 1. The summed E-state index contributed by atoms with van der Waals surface area (Å²) in [5, 5.41) is 39.1. The van der Waals surface area contributed by atoms with Crippen molar-refractivity contribution in [1.82, 2.24) is 5.23 Å². The Morgan fingerprint density at radius 3 is 1.98 bits per heavy atom. The number of rotatable bonds is 27. The number of aliphatic hydroxyl groups excluding tert-OH is 2. The van der Waals surface area contributed by atoms with E-state index in [1.807, 2.05) is 12.1 Å². The number of esters is 1. The molecule has 0 amide bonds. The number of hydroxylamine groups is 2. The summed E-state index contributed by atoms with van der Waals surface area (Å²) in [5.74, 6) is -7.76. The van der Waals surface area contributed by atoms with Crippen molar-refractivity contribution in [3.63, 3.8) is 0 Å². The molecular weight excluding hydrogens is 892 g/mol. The standard InChI is InChI=1S/C36H42F5N3O7.C7H15NO5.H2S/c1-46-29-11-9-26(10-12-29)27-7-4-6-25(23-27)5-2-3-8-28(44-42)24-43-14-16-48-18-20-50-22-21-49-19-17-47-15-13-30(45)51-36-34(40)32(38)31(37)33(39)35(36)41;9-6-3-5(1-2-8(11)12)13-4-7(6)10;/h4,6-7,9-12,23-24H,2-3,5,8,13-22,42H2,1H3;5-7,9-12H,1-4H2;1H2/b43-24?,44-28-;;. The van der Waals surface area contributed by atoms with E-state index in [1.165, 1.54) is 11.1 Å². The van der Waals surface area contributed by atoms with Crippen LogP contribution in [0.3, 0.4) is 0 Å². The maximum Gasteiger partial charge on any atom is 0.313 e. The summed E-state index contributed by atoms with van der Waals surface area (Å²) < 4.78 is 103. The van der Waals surface area contributed by atoms with E-state index in [2.05, 4.69) is 51.2 Å². The molecule has 3 aromatic carbocycles. The molecule has 1 heterocycles. The zero-order chi connectivity index (χ0) is 46.7. The SMILES string of the molecule is COc1ccc(-c2cccc(CCCC/C(C=NCCOCCOCCOCCOCCC(=O)Oc3c(F)c(F)c(F)c(F)c3F)=N/N)c2)cc1.OC1COC(CCN(O)O)CC1O.S. The lowest BCUT2D eigenvalue weighted by atomic mass is 10.00. The predicted octanol–water partition coefficient (Wildman–Crippen LogP) is 5.30. The Morgan fingerprint density at radius 1 is 0.800 bits per heavy atom. The molecule has 0 radical (unpaired) electrons. The van der Waals surface area contributed by atoms with Crippen LogP contribution in [0.25, 0.3) is 11.1 Å². The first-order chi connectivity index (χ1) is 30.8. The number of ether oxygens (including phenoxy) is 7. The minimum absolute atomic E-state index is 0. The van der Waals surface area contributed by atoms with Gasteiger partial charge < -0.3 is 49.2 Å². The van der Waals surface area contributed by atoms with Crippen LogP contribution in [-0.2, 0) is 34.9 Å². The lowest BCUT2D eigenvalue weighted by Gasteiger charge is -2.30. The van der Waals surface area contributed by atoms with Crippen LogP contribution in [0, 0.1) is 29.1 Å². The van der Waals surface area contributed by atoms with Crippen LogP contribution < -0.4 is 15.3 Å². The number of hydrogen-bond acceptors (Lipinski definition) is 16. The van der Waals surface area contributed by atoms with E-state index in [0.717, 1.165) is 42.7 Å². The van der Waals surface area contributed by atoms with Gasteiger partial charge in [-0.1, -0.05) is 41.6 Å². The second kappa shape index (κ2) is 32.4. The van der Waals surface area contributed by atoms with Crippen molar-refractivity contribution in [2.45, 2.75) is 63.3 Å². The maximum atomic E-state index is 13.6. The summed E-state index contributed by atoms with van der Waals surface area (Å²) in [4.78, 5) is 16.0. The molecule has 1 fully saturated rings. The zero-order valence-electron chi connectivity index (χ0n) is 36.0. The summed E-state index contributed by atoms with van der Waals surface area (Å²) in [6.07, 6.45) is 3.71. The number of nitrogens with zero attached hydrogens (tertiary/aromatic N) is 3. The molecular formula is C43H59F5N4O12S. The van der Waals surface area contributed by atoms with E-state index in [9.17, 15) is 31.9 Å². The third-order valence-electron chi connectivity index (χ3n) is 9.32. The van der Waals surface area contributed by atoms with Crippen molar-refractivity contribution in [1.29, 1.82) is 0 Å². The second-order valence-electron chi connectivity index (χ2n) is 14.1. The van der Waals surface area contributed by atoms with Crippen LogP contribution in [0.15, 0.2) is 58.6 Å². The first-order valence-electron chi connectivity index (χ1n) is 20.5. The van der Waals surface area contributed by atoms with Crippen LogP contribution in [0.4, 0.5) is 22.0 Å². The van der Waals surface area contributed by atoms with Crippen molar-refractivity contribution in [3.8, 4) is 22.6 Å². The number of benzene rings is 3. The molecule has 0 spiro atoms. The number of hydrazone groups is 1. The first kappa shape index (κ1) is 56.8. The number of hydrogen-bond donors (Lipinski definition) is 5. The Labute approximate surface area is 381 Å². The Morgan fingerprint density at radius 2 is 1.40 bits per heavy atom. The second-order valence-corrected chi connectivity index (χ2v) is 14.1. The molecule has 1 aliphatic heterocycles. The average Bonchev–Trinajstić information content (AvgIpc) is 3.30. The average molecular weight is 951 g/mol. The molecule has 364 valence electrons. The number of aliphatic hydroxyl groups is 2. The molecule has 65 heavy (non-hydrogen) atoms. The monoisotopic (exact) mass is 950 g/mol. The third kappa shape index (κ3) is 21.7. The molecule has 0 aliphatic carbocycles. The van der Waals surface area contributed by atoms with Gasteiger partial charge in [0.05, 0.1) is 104 Å². The van der Waals surface area contributed by atoms with Gasteiger partial charge in [-0.3, -0.25) is 20.2 Å². The Bertz CT molecular complexity index is 1860. The summed E-state index contributed by atoms with van der Waals surface area (Å²) >= 11 is 0. The van der Waals surface area contributed by atoms with E-state index in [-0.39, 0.29) is 64.4 Å². The van der Waals surface area contributed by atoms with E-state index < -0.39 is 59.4 Å². The minimum atomic E-state index is -2.35. The third-order valence-corrected chi connectivity index (χ3v) is 9.32. The molecule has 3 aromatic rings. The van der Waals surface area contributed by atoms with Gasteiger partial charge in [0.15, 0.2) is 0 Å². The highest BCUT2D eigenvalue weighted by Crippen LogP contribution is 2.29. The van der Waals surface area contributed by atoms with E-state index in [4.69, 9.17) is 49.8 Å². The zero-order valence-corrected chi connectivity index (χ0v) is 37.0. The Balaban J connectivity index is 0.000000888. The van der Waals surface area contributed by atoms with Crippen molar-refractivity contribution < 1.29 is 80.5 Å². The highest BCUT2D eigenvalue weighted by atomic mass is 32.1. The van der Waals surface area contributed by atoms with Crippen LogP contribution in [0.1, 0.15) is 44.1 Å². The number of aryl methyl sites for hydroxylation is 1. The molecule has 6 N–H and O–H groups in total. The maximum absolute atomic E-state index is 13.6. The highest BCUT2D eigenvalue weighted by Gasteiger charge is 2.29. The number of halogens is 5. The molecule has 1 saturated heterocycles. The lowest BCUT2D eigenvalue weighted by molar-refractivity contribution is -0.309. The molecule has 0 bridgehead atoms. The van der Waals surface area contributed by atoms with E-state index in [1.54, 1.807) is 13.3 Å². The molecule has 3 unspecified atom stereocenters. The van der Waals surface area contributed by atoms with Gasteiger partial charge in [0.2, 0.25) is 34.8 Å². The Kier molecular flexibility index (Phi) is 28.3. The van der Waals surface area contributed by atoms with Gasteiger partial charge in [-0.05, 0) is 60.9 Å². The van der Waals surface area contributed by atoms with E-state index >= 15 is 0 Å². The van der Waals surface area contributed by atoms with Crippen molar-refractivity contribution >= 4 is 31.4 Å².